The van der Waals surface area contributed by atoms with E-state index in [-0.39, 0.29) is 11.5 Å². The average Bonchev–Trinajstić information content (AvgIpc) is 2.57. The summed E-state index contributed by atoms with van der Waals surface area (Å²) in [6.45, 7) is 1.23. The molecule has 0 amide bonds. The fourth-order valence-corrected chi connectivity index (χ4v) is 2.68. The molecule has 0 aliphatic carbocycles. The first-order valence-corrected chi connectivity index (χ1v) is 7.35. The summed E-state index contributed by atoms with van der Waals surface area (Å²) >= 11 is 0. The number of hydrogen-bond acceptors (Lipinski definition) is 6. The van der Waals surface area contributed by atoms with Crippen molar-refractivity contribution in [3.8, 4) is 17.2 Å². The monoisotopic (exact) mass is 328 g/mol. The highest BCUT2D eigenvalue weighted by molar-refractivity contribution is 6.04. The van der Waals surface area contributed by atoms with Gasteiger partial charge in [0.1, 0.15) is 5.75 Å². The standard InChI is InChI=1S/C18H16O6/c1-10(19)23-18-16(21)12-5-3-4-6-14(12)24-17(18)11-7-8-15(22-2)13(20)9-11/h3-9,17-18,20H,1-2H3/t17-,18?/m1/s1. The molecular weight excluding hydrogens is 312 g/mol. The summed E-state index contributed by atoms with van der Waals surface area (Å²) in [6.07, 6.45) is -1.97. The van der Waals surface area contributed by atoms with Crippen molar-refractivity contribution >= 4 is 11.8 Å². The van der Waals surface area contributed by atoms with E-state index in [1.165, 1.54) is 20.1 Å². The third-order valence-corrected chi connectivity index (χ3v) is 3.76. The average molecular weight is 328 g/mol. The summed E-state index contributed by atoms with van der Waals surface area (Å²) in [5.41, 5.74) is 0.861. The fourth-order valence-electron chi connectivity index (χ4n) is 2.68. The Balaban J connectivity index is 2.05. The molecule has 0 bridgehead atoms. The molecule has 1 heterocycles. The van der Waals surface area contributed by atoms with Gasteiger partial charge in [-0.1, -0.05) is 18.2 Å². The predicted octanol–water partition coefficient (Wildman–Crippen LogP) is 2.65. The highest BCUT2D eigenvalue weighted by Gasteiger charge is 2.40. The van der Waals surface area contributed by atoms with Gasteiger partial charge in [-0.15, -0.1) is 0 Å². The van der Waals surface area contributed by atoms with Crippen molar-refractivity contribution in [2.24, 2.45) is 0 Å². The molecular formula is C18H16O6. The number of Topliss-reactive ketones (excluding diaryl/α,β-unsaturated/α-hetero) is 1. The maximum absolute atomic E-state index is 12.7. The van der Waals surface area contributed by atoms with Crippen LogP contribution in [0.1, 0.15) is 28.9 Å². The Hall–Kier alpha value is -3.02. The van der Waals surface area contributed by atoms with E-state index in [1.807, 2.05) is 0 Å². The fraction of sp³-hybridized carbons (Fsp3) is 0.222. The van der Waals surface area contributed by atoms with E-state index in [9.17, 15) is 14.7 Å². The van der Waals surface area contributed by atoms with Gasteiger partial charge in [0.05, 0.1) is 12.7 Å². The lowest BCUT2D eigenvalue weighted by molar-refractivity contribution is -0.148. The summed E-state index contributed by atoms with van der Waals surface area (Å²) in [5, 5.41) is 9.98. The lowest BCUT2D eigenvalue weighted by Crippen LogP contribution is -2.39. The molecule has 3 rings (SSSR count). The Labute approximate surface area is 138 Å². The number of hydrogen-bond donors (Lipinski definition) is 1. The highest BCUT2D eigenvalue weighted by atomic mass is 16.6. The molecule has 0 aromatic heterocycles. The second-order valence-corrected chi connectivity index (χ2v) is 5.36. The minimum absolute atomic E-state index is 0.0912. The van der Waals surface area contributed by atoms with Crippen LogP contribution < -0.4 is 9.47 Å². The van der Waals surface area contributed by atoms with Crippen LogP contribution in [-0.4, -0.2) is 30.1 Å². The molecule has 1 N–H and O–H groups in total. The Kier molecular flexibility index (Phi) is 4.12. The SMILES string of the molecule is COc1ccc([C@H]2Oc3ccccc3C(=O)C2OC(C)=O)cc1O. The minimum atomic E-state index is -1.12. The Morgan fingerprint density at radius 2 is 1.96 bits per heavy atom. The van der Waals surface area contributed by atoms with Crippen molar-refractivity contribution in [1.29, 1.82) is 0 Å². The van der Waals surface area contributed by atoms with E-state index in [1.54, 1.807) is 36.4 Å². The number of aromatic hydroxyl groups is 1. The predicted molar refractivity (Wildman–Crippen MR) is 84.4 cm³/mol. The molecule has 1 unspecified atom stereocenters. The molecule has 124 valence electrons. The van der Waals surface area contributed by atoms with Gasteiger partial charge in [0.2, 0.25) is 11.9 Å². The third kappa shape index (κ3) is 2.78. The molecule has 2 aromatic carbocycles. The summed E-state index contributed by atoms with van der Waals surface area (Å²) in [7, 11) is 1.44. The molecule has 0 spiro atoms. The molecule has 0 fully saturated rings. The molecule has 24 heavy (non-hydrogen) atoms. The molecule has 1 aliphatic heterocycles. The quantitative estimate of drug-likeness (QED) is 0.872. The number of fused-ring (bicyclic) bond motifs is 1. The van der Waals surface area contributed by atoms with E-state index in [4.69, 9.17) is 14.2 Å². The van der Waals surface area contributed by atoms with Crippen molar-refractivity contribution in [2.45, 2.75) is 19.1 Å². The number of esters is 1. The van der Waals surface area contributed by atoms with Gasteiger partial charge in [0, 0.05) is 12.5 Å². The first kappa shape index (κ1) is 15.9. The number of phenols is 1. The summed E-state index contributed by atoms with van der Waals surface area (Å²) in [5.74, 6) is -0.311. The molecule has 0 saturated heterocycles. The molecule has 6 nitrogen and oxygen atoms in total. The maximum Gasteiger partial charge on any atom is 0.303 e. The number of para-hydroxylation sites is 1. The summed E-state index contributed by atoms with van der Waals surface area (Å²) in [4.78, 5) is 24.1. The molecule has 2 atom stereocenters. The number of benzene rings is 2. The number of ether oxygens (including phenoxy) is 3. The molecule has 6 heteroatoms. The minimum Gasteiger partial charge on any atom is -0.504 e. The first-order chi connectivity index (χ1) is 11.5. The van der Waals surface area contributed by atoms with Crippen molar-refractivity contribution in [3.05, 3.63) is 53.6 Å². The van der Waals surface area contributed by atoms with Crippen LogP contribution in [0, 0.1) is 0 Å². The van der Waals surface area contributed by atoms with Crippen LogP contribution in [0.5, 0.6) is 17.2 Å². The van der Waals surface area contributed by atoms with E-state index >= 15 is 0 Å². The number of methoxy groups -OCH3 is 1. The lowest BCUT2D eigenvalue weighted by Gasteiger charge is -2.32. The van der Waals surface area contributed by atoms with Crippen LogP contribution in [0.4, 0.5) is 0 Å². The Morgan fingerprint density at radius 1 is 1.21 bits per heavy atom. The van der Waals surface area contributed by atoms with Gasteiger partial charge < -0.3 is 19.3 Å². The summed E-state index contributed by atoms with van der Waals surface area (Å²) in [6, 6.07) is 11.4. The van der Waals surface area contributed by atoms with Crippen molar-refractivity contribution in [3.63, 3.8) is 0 Å². The highest BCUT2D eigenvalue weighted by Crippen LogP contribution is 2.38. The van der Waals surface area contributed by atoms with Crippen LogP contribution in [0.15, 0.2) is 42.5 Å². The molecule has 0 radical (unpaired) electrons. The second kappa shape index (κ2) is 6.23. The number of phenolic OH excluding ortho intramolecular Hbond substituents is 1. The Morgan fingerprint density at radius 3 is 2.62 bits per heavy atom. The van der Waals surface area contributed by atoms with Crippen LogP contribution in [0.3, 0.4) is 0 Å². The lowest BCUT2D eigenvalue weighted by atomic mass is 9.93. The van der Waals surface area contributed by atoms with E-state index in [0.717, 1.165) is 0 Å². The number of ketones is 1. The largest absolute Gasteiger partial charge is 0.504 e. The molecule has 2 aromatic rings. The van der Waals surface area contributed by atoms with E-state index in [2.05, 4.69) is 0 Å². The van der Waals surface area contributed by atoms with Gasteiger partial charge in [-0.2, -0.15) is 0 Å². The zero-order valence-corrected chi connectivity index (χ0v) is 13.2. The van der Waals surface area contributed by atoms with Crippen LogP contribution in [0.25, 0.3) is 0 Å². The van der Waals surface area contributed by atoms with E-state index < -0.39 is 18.2 Å². The topological polar surface area (TPSA) is 82.1 Å². The van der Waals surface area contributed by atoms with Crippen molar-refractivity contribution in [2.75, 3.05) is 7.11 Å². The van der Waals surface area contributed by atoms with Gasteiger partial charge in [0.25, 0.3) is 0 Å². The molecule has 0 saturated carbocycles. The van der Waals surface area contributed by atoms with Gasteiger partial charge in [0.15, 0.2) is 17.6 Å². The van der Waals surface area contributed by atoms with Gasteiger partial charge >= 0.3 is 5.97 Å². The number of carbonyl (C=O) groups excluding carboxylic acids is 2. The maximum atomic E-state index is 12.7. The third-order valence-electron chi connectivity index (χ3n) is 3.76. The number of carbonyl (C=O) groups is 2. The van der Waals surface area contributed by atoms with Gasteiger partial charge in [-0.3, -0.25) is 9.59 Å². The second-order valence-electron chi connectivity index (χ2n) is 5.36. The first-order valence-electron chi connectivity index (χ1n) is 7.35. The van der Waals surface area contributed by atoms with Gasteiger partial charge in [-0.05, 0) is 24.3 Å². The Bertz CT molecular complexity index is 798. The molecule has 1 aliphatic rings. The normalized spacial score (nSPS) is 19.2. The van der Waals surface area contributed by atoms with Crippen LogP contribution >= 0.6 is 0 Å². The van der Waals surface area contributed by atoms with Crippen LogP contribution in [-0.2, 0) is 9.53 Å². The van der Waals surface area contributed by atoms with E-state index in [0.29, 0.717) is 22.6 Å². The zero-order valence-electron chi connectivity index (χ0n) is 13.2. The zero-order chi connectivity index (χ0) is 17.3. The summed E-state index contributed by atoms with van der Waals surface area (Å²) < 4.78 is 16.1. The van der Waals surface area contributed by atoms with Crippen molar-refractivity contribution in [1.82, 2.24) is 0 Å². The van der Waals surface area contributed by atoms with Crippen LogP contribution in [0.2, 0.25) is 0 Å². The smallest absolute Gasteiger partial charge is 0.303 e. The number of rotatable bonds is 3. The van der Waals surface area contributed by atoms with Gasteiger partial charge in [-0.25, -0.2) is 0 Å². The van der Waals surface area contributed by atoms with Crippen molar-refractivity contribution < 1.29 is 28.9 Å².